The summed E-state index contributed by atoms with van der Waals surface area (Å²) in [4.78, 5) is 23.8. The molecule has 2 rings (SSSR count). The molecule has 2 amide bonds. The molecule has 136 valence electrons. The molecule has 0 aliphatic rings. The largest absolute Gasteiger partial charge is 0.493 e. The first-order valence-corrected chi connectivity index (χ1v) is 8.41. The summed E-state index contributed by atoms with van der Waals surface area (Å²) in [6.07, 6.45) is 1.44. The number of amides is 2. The number of hydrogen-bond donors (Lipinski definition) is 2. The van der Waals surface area contributed by atoms with E-state index in [9.17, 15) is 9.59 Å². The number of halogens is 1. The second-order valence-corrected chi connectivity index (χ2v) is 5.98. The number of ether oxygens (including phenoxy) is 2. The van der Waals surface area contributed by atoms with E-state index in [0.717, 1.165) is 4.47 Å². The number of hydrogen-bond acceptors (Lipinski definition) is 5. The van der Waals surface area contributed by atoms with E-state index >= 15 is 0 Å². The van der Waals surface area contributed by atoms with E-state index in [0.29, 0.717) is 22.6 Å². The van der Waals surface area contributed by atoms with Crippen molar-refractivity contribution in [3.63, 3.8) is 0 Å². The minimum Gasteiger partial charge on any atom is -0.493 e. The van der Waals surface area contributed by atoms with Crippen LogP contribution in [0.5, 0.6) is 11.5 Å². The lowest BCUT2D eigenvalue weighted by atomic mass is 10.2. The van der Waals surface area contributed by atoms with Crippen LogP contribution < -0.4 is 20.2 Å². The van der Waals surface area contributed by atoms with Crippen LogP contribution in [0, 0.1) is 0 Å². The predicted octanol–water partition coefficient (Wildman–Crippen LogP) is 2.35. The van der Waals surface area contributed by atoms with Gasteiger partial charge < -0.3 is 14.8 Å². The number of carbonyl (C=O) groups excluding carboxylic acids is 2. The normalized spacial score (nSPS) is 10.4. The van der Waals surface area contributed by atoms with Crippen LogP contribution in [0.25, 0.3) is 0 Å². The highest BCUT2D eigenvalue weighted by atomic mass is 79.9. The first kappa shape index (κ1) is 19.5. The summed E-state index contributed by atoms with van der Waals surface area (Å²) in [5.41, 5.74) is 3.45. The van der Waals surface area contributed by atoms with Crippen molar-refractivity contribution in [1.82, 2.24) is 10.7 Å². The minimum atomic E-state index is -0.452. The molecule has 26 heavy (non-hydrogen) atoms. The summed E-state index contributed by atoms with van der Waals surface area (Å²) in [5.74, 6) is 0.270. The van der Waals surface area contributed by atoms with E-state index < -0.39 is 5.91 Å². The first-order valence-electron chi connectivity index (χ1n) is 7.61. The number of hydrazone groups is 1. The molecule has 0 aliphatic carbocycles. The molecule has 0 bridgehead atoms. The van der Waals surface area contributed by atoms with Crippen molar-refractivity contribution >= 4 is 34.0 Å². The van der Waals surface area contributed by atoms with Crippen LogP contribution in [0.3, 0.4) is 0 Å². The molecular formula is C18H18BrN3O4. The van der Waals surface area contributed by atoms with Gasteiger partial charge in [0.15, 0.2) is 11.5 Å². The Hall–Kier alpha value is -2.87. The molecule has 0 heterocycles. The zero-order valence-corrected chi connectivity index (χ0v) is 15.9. The molecule has 0 spiro atoms. The number of carbonyl (C=O) groups is 2. The van der Waals surface area contributed by atoms with Gasteiger partial charge in [-0.25, -0.2) is 5.43 Å². The van der Waals surface area contributed by atoms with Gasteiger partial charge in [-0.1, -0.05) is 28.1 Å². The third-order valence-electron chi connectivity index (χ3n) is 3.32. The number of nitrogens with zero attached hydrogens (tertiary/aromatic N) is 1. The highest BCUT2D eigenvalue weighted by molar-refractivity contribution is 9.10. The van der Waals surface area contributed by atoms with Gasteiger partial charge in [0, 0.05) is 15.6 Å². The van der Waals surface area contributed by atoms with Crippen LogP contribution in [0.4, 0.5) is 0 Å². The topological polar surface area (TPSA) is 89.0 Å². The molecule has 7 nitrogen and oxygen atoms in total. The van der Waals surface area contributed by atoms with Crippen LogP contribution >= 0.6 is 15.9 Å². The Morgan fingerprint density at radius 2 is 1.92 bits per heavy atom. The number of benzene rings is 2. The maximum Gasteiger partial charge on any atom is 0.259 e. The van der Waals surface area contributed by atoms with Crippen LogP contribution in [-0.4, -0.2) is 38.8 Å². The Balaban J connectivity index is 1.89. The van der Waals surface area contributed by atoms with Gasteiger partial charge in [-0.05, 0) is 30.3 Å². The van der Waals surface area contributed by atoms with Gasteiger partial charge in [-0.3, -0.25) is 9.59 Å². The number of nitrogens with one attached hydrogen (secondary N) is 2. The van der Waals surface area contributed by atoms with Crippen molar-refractivity contribution in [2.45, 2.75) is 0 Å². The SMILES string of the molecule is COc1cccc(/C=N\NC(=O)CNC(=O)c2cccc(Br)c2)c1OC. The minimum absolute atomic E-state index is 0.196. The van der Waals surface area contributed by atoms with Crippen molar-refractivity contribution in [3.8, 4) is 11.5 Å². The van der Waals surface area contributed by atoms with Crippen molar-refractivity contribution < 1.29 is 19.1 Å². The standard InChI is InChI=1S/C18H18BrN3O4/c1-25-15-8-4-6-13(17(15)26-2)10-21-22-16(23)11-20-18(24)12-5-3-7-14(19)9-12/h3-10H,11H2,1-2H3,(H,20,24)(H,22,23)/b21-10-. The lowest BCUT2D eigenvalue weighted by Crippen LogP contribution is -2.34. The van der Waals surface area contributed by atoms with Gasteiger partial charge in [-0.15, -0.1) is 0 Å². The maximum atomic E-state index is 12.0. The van der Waals surface area contributed by atoms with Gasteiger partial charge in [0.1, 0.15) is 0 Å². The van der Waals surface area contributed by atoms with Crippen molar-refractivity contribution in [1.29, 1.82) is 0 Å². The van der Waals surface area contributed by atoms with Gasteiger partial charge in [-0.2, -0.15) is 5.10 Å². The van der Waals surface area contributed by atoms with E-state index in [1.165, 1.54) is 20.4 Å². The van der Waals surface area contributed by atoms with E-state index in [-0.39, 0.29) is 12.5 Å². The quantitative estimate of drug-likeness (QED) is 0.532. The summed E-state index contributed by atoms with van der Waals surface area (Å²) >= 11 is 3.29. The summed E-state index contributed by atoms with van der Waals surface area (Å²) in [6, 6.07) is 12.2. The third kappa shape index (κ3) is 5.32. The van der Waals surface area contributed by atoms with E-state index in [4.69, 9.17) is 9.47 Å². The molecule has 2 aromatic rings. The van der Waals surface area contributed by atoms with Crippen molar-refractivity contribution in [2.24, 2.45) is 5.10 Å². The summed E-state index contributed by atoms with van der Waals surface area (Å²) < 4.78 is 11.3. The molecule has 0 aliphatic heterocycles. The lowest BCUT2D eigenvalue weighted by molar-refractivity contribution is -0.120. The molecule has 8 heteroatoms. The molecule has 0 fully saturated rings. The third-order valence-corrected chi connectivity index (χ3v) is 3.82. The zero-order valence-electron chi connectivity index (χ0n) is 14.3. The molecule has 0 saturated heterocycles. The van der Waals surface area contributed by atoms with Crippen LogP contribution in [0.2, 0.25) is 0 Å². The van der Waals surface area contributed by atoms with Crippen LogP contribution in [0.1, 0.15) is 15.9 Å². The molecule has 0 aromatic heterocycles. The summed E-state index contributed by atoms with van der Waals surface area (Å²) in [5, 5.41) is 6.40. The highest BCUT2D eigenvalue weighted by Gasteiger charge is 2.09. The highest BCUT2D eigenvalue weighted by Crippen LogP contribution is 2.29. The molecule has 2 N–H and O–H groups in total. The fourth-order valence-corrected chi connectivity index (χ4v) is 2.52. The monoisotopic (exact) mass is 419 g/mol. The fourth-order valence-electron chi connectivity index (χ4n) is 2.12. The van der Waals surface area contributed by atoms with E-state index in [2.05, 4.69) is 31.8 Å². The average Bonchev–Trinajstić information content (AvgIpc) is 2.65. The molecular weight excluding hydrogens is 402 g/mol. The van der Waals surface area contributed by atoms with Crippen molar-refractivity contribution in [2.75, 3.05) is 20.8 Å². The molecule has 0 saturated carbocycles. The second kappa shape index (κ2) is 9.57. The molecule has 2 aromatic carbocycles. The fraction of sp³-hybridized carbons (Fsp3) is 0.167. The van der Waals surface area contributed by atoms with Gasteiger partial charge >= 0.3 is 0 Å². The van der Waals surface area contributed by atoms with Gasteiger partial charge in [0.25, 0.3) is 11.8 Å². The zero-order chi connectivity index (χ0) is 18.9. The number of methoxy groups -OCH3 is 2. The van der Waals surface area contributed by atoms with E-state index in [1.807, 2.05) is 6.07 Å². The first-order chi connectivity index (χ1) is 12.5. The van der Waals surface area contributed by atoms with E-state index in [1.54, 1.807) is 36.4 Å². The molecule has 0 atom stereocenters. The molecule has 0 unspecified atom stereocenters. The maximum absolute atomic E-state index is 12.0. The smallest absolute Gasteiger partial charge is 0.259 e. The second-order valence-electron chi connectivity index (χ2n) is 5.07. The van der Waals surface area contributed by atoms with Gasteiger partial charge in [0.05, 0.1) is 27.0 Å². The Bertz CT molecular complexity index is 824. The average molecular weight is 420 g/mol. The number of para-hydroxylation sites is 1. The van der Waals surface area contributed by atoms with Gasteiger partial charge in [0.2, 0.25) is 0 Å². The van der Waals surface area contributed by atoms with Crippen molar-refractivity contribution in [3.05, 3.63) is 58.1 Å². The Kier molecular flexibility index (Phi) is 7.16. The Morgan fingerprint density at radius 3 is 2.62 bits per heavy atom. The Morgan fingerprint density at radius 1 is 1.15 bits per heavy atom. The Labute approximate surface area is 159 Å². The number of rotatable bonds is 7. The van der Waals surface area contributed by atoms with Crippen LogP contribution in [-0.2, 0) is 4.79 Å². The van der Waals surface area contributed by atoms with Crippen LogP contribution in [0.15, 0.2) is 52.0 Å². The summed E-state index contributed by atoms with van der Waals surface area (Å²) in [6.45, 7) is -0.196. The predicted molar refractivity (Wildman–Crippen MR) is 102 cm³/mol. The lowest BCUT2D eigenvalue weighted by Gasteiger charge is -2.09. The molecule has 0 radical (unpaired) electrons. The summed E-state index contributed by atoms with van der Waals surface area (Å²) in [7, 11) is 3.06.